The highest BCUT2D eigenvalue weighted by atomic mass is 15.0. The summed E-state index contributed by atoms with van der Waals surface area (Å²) in [4.78, 5) is 14.9. The first kappa shape index (κ1) is 28.6. The van der Waals surface area contributed by atoms with Crippen molar-refractivity contribution in [3.05, 3.63) is 182 Å². The first-order valence-corrected chi connectivity index (χ1v) is 16.5. The predicted octanol–water partition coefficient (Wildman–Crippen LogP) is 11.3. The number of fused-ring (bicyclic) bond motifs is 3. The normalized spacial score (nSPS) is 11.3. The van der Waals surface area contributed by atoms with Gasteiger partial charge in [-0.05, 0) is 52.6 Å². The van der Waals surface area contributed by atoms with Crippen molar-refractivity contribution >= 4 is 21.8 Å². The molecule has 4 heteroatoms. The number of para-hydroxylation sites is 1. The number of nitrogens with zero attached hydrogens (tertiary/aromatic N) is 4. The van der Waals surface area contributed by atoms with E-state index in [0.29, 0.717) is 17.5 Å². The second-order valence-electron chi connectivity index (χ2n) is 12.1. The van der Waals surface area contributed by atoms with Gasteiger partial charge in [-0.15, -0.1) is 0 Å². The third-order valence-electron chi connectivity index (χ3n) is 9.04. The van der Waals surface area contributed by atoms with Crippen molar-refractivity contribution in [3.63, 3.8) is 0 Å². The molecule has 0 saturated carbocycles. The van der Waals surface area contributed by atoms with Gasteiger partial charge in [-0.2, -0.15) is 0 Å². The summed E-state index contributed by atoms with van der Waals surface area (Å²) < 4.78 is 2.36. The average Bonchev–Trinajstić information content (AvgIpc) is 3.52. The minimum Gasteiger partial charge on any atom is -0.309 e. The Kier molecular flexibility index (Phi) is 7.10. The van der Waals surface area contributed by atoms with E-state index in [1.807, 2.05) is 60.7 Å². The van der Waals surface area contributed by atoms with E-state index in [1.165, 1.54) is 33.0 Å². The second-order valence-corrected chi connectivity index (χ2v) is 12.1. The summed E-state index contributed by atoms with van der Waals surface area (Å²) in [6.45, 7) is 0. The minimum absolute atomic E-state index is 0.633. The lowest BCUT2D eigenvalue weighted by Gasteiger charge is -2.12. The monoisotopic (exact) mass is 626 g/mol. The third-order valence-corrected chi connectivity index (χ3v) is 9.04. The van der Waals surface area contributed by atoms with E-state index in [9.17, 15) is 0 Å². The highest BCUT2D eigenvalue weighted by Crippen LogP contribution is 2.36. The van der Waals surface area contributed by atoms with Crippen molar-refractivity contribution < 1.29 is 0 Å². The Morgan fingerprint density at radius 3 is 1.43 bits per heavy atom. The number of aromatic nitrogens is 4. The van der Waals surface area contributed by atoms with Crippen LogP contribution in [-0.4, -0.2) is 19.5 Å². The van der Waals surface area contributed by atoms with Crippen LogP contribution in [0.4, 0.5) is 0 Å². The highest BCUT2D eigenvalue weighted by Gasteiger charge is 2.16. The molecule has 0 fully saturated rings. The molecule has 0 aliphatic rings. The van der Waals surface area contributed by atoms with Gasteiger partial charge in [0.25, 0.3) is 0 Å². The van der Waals surface area contributed by atoms with Crippen LogP contribution in [0.5, 0.6) is 0 Å². The highest BCUT2D eigenvalue weighted by molar-refractivity contribution is 6.10. The van der Waals surface area contributed by atoms with Crippen LogP contribution in [0.15, 0.2) is 182 Å². The van der Waals surface area contributed by atoms with Crippen LogP contribution in [-0.2, 0) is 0 Å². The topological polar surface area (TPSA) is 43.6 Å². The van der Waals surface area contributed by atoms with Gasteiger partial charge >= 0.3 is 0 Å². The summed E-state index contributed by atoms with van der Waals surface area (Å²) in [6.07, 6.45) is 0. The fraction of sp³-hybridized carbons (Fsp3) is 0. The molecule has 0 spiro atoms. The number of hydrogen-bond donors (Lipinski definition) is 0. The van der Waals surface area contributed by atoms with Gasteiger partial charge in [0.2, 0.25) is 0 Å². The van der Waals surface area contributed by atoms with Crippen LogP contribution >= 0.6 is 0 Å². The van der Waals surface area contributed by atoms with Crippen LogP contribution in [0.2, 0.25) is 0 Å². The maximum Gasteiger partial charge on any atom is 0.164 e. The van der Waals surface area contributed by atoms with E-state index in [1.54, 1.807) is 0 Å². The minimum atomic E-state index is 0.633. The molecule has 0 radical (unpaired) electrons. The summed E-state index contributed by atoms with van der Waals surface area (Å²) in [5, 5.41) is 2.42. The zero-order valence-corrected chi connectivity index (χ0v) is 26.6. The Hall–Kier alpha value is -6.65. The number of hydrogen-bond acceptors (Lipinski definition) is 3. The van der Waals surface area contributed by atoms with Crippen LogP contribution in [0.25, 0.3) is 83.9 Å². The zero-order chi connectivity index (χ0) is 32.6. The average molecular weight is 627 g/mol. The molecule has 0 saturated heterocycles. The molecule has 9 rings (SSSR count). The second kappa shape index (κ2) is 12.2. The van der Waals surface area contributed by atoms with Crippen LogP contribution < -0.4 is 0 Å². The fourth-order valence-electron chi connectivity index (χ4n) is 6.66. The quantitative estimate of drug-likeness (QED) is 0.184. The van der Waals surface area contributed by atoms with Gasteiger partial charge in [0.05, 0.1) is 11.0 Å². The van der Waals surface area contributed by atoms with Crippen molar-refractivity contribution in [2.45, 2.75) is 0 Å². The van der Waals surface area contributed by atoms with Crippen molar-refractivity contribution in [3.8, 4) is 62.1 Å². The molecule has 49 heavy (non-hydrogen) atoms. The summed E-state index contributed by atoms with van der Waals surface area (Å²) in [5.74, 6) is 1.93. The number of benzene rings is 7. The lowest BCUT2D eigenvalue weighted by molar-refractivity contribution is 1.07. The Bertz CT molecular complexity index is 2530. The smallest absolute Gasteiger partial charge is 0.164 e. The third kappa shape index (κ3) is 5.35. The van der Waals surface area contributed by atoms with Crippen LogP contribution in [0.3, 0.4) is 0 Å². The molecule has 0 aliphatic heterocycles. The van der Waals surface area contributed by atoms with E-state index in [4.69, 9.17) is 15.0 Å². The van der Waals surface area contributed by atoms with Gasteiger partial charge in [-0.3, -0.25) is 0 Å². The maximum atomic E-state index is 5.00. The Morgan fingerprint density at radius 1 is 0.286 bits per heavy atom. The molecule has 2 heterocycles. The molecular formula is C45H30N4. The molecule has 0 aliphatic carbocycles. The molecule has 0 atom stereocenters. The summed E-state index contributed by atoms with van der Waals surface area (Å²) in [6, 6.07) is 63.5. The molecule has 7 aromatic carbocycles. The molecule has 230 valence electrons. The van der Waals surface area contributed by atoms with Crippen molar-refractivity contribution in [1.82, 2.24) is 19.5 Å². The van der Waals surface area contributed by atoms with E-state index < -0.39 is 0 Å². The Labute approximate surface area is 284 Å². The molecule has 4 nitrogen and oxygen atoms in total. The van der Waals surface area contributed by atoms with Crippen molar-refractivity contribution in [2.24, 2.45) is 0 Å². The van der Waals surface area contributed by atoms with E-state index in [-0.39, 0.29) is 0 Å². The van der Waals surface area contributed by atoms with Gasteiger partial charge in [0, 0.05) is 33.2 Å². The lowest BCUT2D eigenvalue weighted by atomic mass is 9.98. The molecule has 0 bridgehead atoms. The number of rotatable bonds is 6. The SMILES string of the molecule is c1ccc(-c2cccc(-c3ccc4c5ccccc5n(-c5cccc(-c6nc(-c7ccccc7)nc(-c7ccccc7)n6)c5)c4c3)c2)cc1. The molecule has 0 unspecified atom stereocenters. The molecule has 2 aromatic heterocycles. The molecule has 0 N–H and O–H groups in total. The van der Waals surface area contributed by atoms with E-state index in [0.717, 1.165) is 33.4 Å². The lowest BCUT2D eigenvalue weighted by Crippen LogP contribution is -2.01. The summed E-state index contributed by atoms with van der Waals surface area (Å²) >= 11 is 0. The Morgan fingerprint density at radius 2 is 0.755 bits per heavy atom. The zero-order valence-electron chi connectivity index (χ0n) is 26.6. The summed E-state index contributed by atoms with van der Waals surface area (Å²) in [5.41, 5.74) is 10.9. The van der Waals surface area contributed by atoms with Gasteiger partial charge in [0.1, 0.15) is 0 Å². The first-order valence-electron chi connectivity index (χ1n) is 16.5. The van der Waals surface area contributed by atoms with Gasteiger partial charge < -0.3 is 4.57 Å². The maximum absolute atomic E-state index is 5.00. The summed E-state index contributed by atoms with van der Waals surface area (Å²) in [7, 11) is 0. The predicted molar refractivity (Wildman–Crippen MR) is 201 cm³/mol. The van der Waals surface area contributed by atoms with Crippen LogP contribution in [0, 0.1) is 0 Å². The standard InChI is InChI=1S/C45H30N4/c1-4-14-31(15-5-1)34-20-12-21-35(28-34)36-26-27-40-39-24-10-11-25-41(39)49(42(40)30-36)38-23-13-22-37(29-38)45-47-43(32-16-6-2-7-17-32)46-44(48-45)33-18-8-3-9-19-33/h1-30H. The van der Waals surface area contributed by atoms with Gasteiger partial charge in [0.15, 0.2) is 17.5 Å². The van der Waals surface area contributed by atoms with Crippen molar-refractivity contribution in [2.75, 3.05) is 0 Å². The molecule has 0 amide bonds. The van der Waals surface area contributed by atoms with Crippen LogP contribution in [0.1, 0.15) is 0 Å². The fourth-order valence-corrected chi connectivity index (χ4v) is 6.66. The molecular weight excluding hydrogens is 597 g/mol. The van der Waals surface area contributed by atoms with E-state index >= 15 is 0 Å². The van der Waals surface area contributed by atoms with Gasteiger partial charge in [-0.25, -0.2) is 15.0 Å². The van der Waals surface area contributed by atoms with Gasteiger partial charge in [-0.1, -0.05) is 152 Å². The molecule has 9 aromatic rings. The van der Waals surface area contributed by atoms with Crippen molar-refractivity contribution in [1.29, 1.82) is 0 Å². The first-order chi connectivity index (χ1) is 24.3. The largest absolute Gasteiger partial charge is 0.309 e. The Balaban J connectivity index is 1.21. The van der Waals surface area contributed by atoms with E-state index in [2.05, 4.69) is 126 Å².